The quantitative estimate of drug-likeness (QED) is 0.591. The number of ether oxygens (including phenoxy) is 2. The molecule has 4 aliphatic rings. The Morgan fingerprint density at radius 1 is 1.41 bits per heavy atom. The Balaban J connectivity index is 1.55. The SMILES string of the molecule is C=CCC1=C(C)[C@@H](OC2OC(=O)C3=C4C=CC(C4)C32)CC1=O. The Bertz CT molecular complexity index is 679. The number of ketones is 1. The first-order chi connectivity index (χ1) is 10.6. The lowest BCUT2D eigenvalue weighted by atomic mass is 9.91. The number of cyclic esters (lactones) is 1. The van der Waals surface area contributed by atoms with Crippen molar-refractivity contribution < 1.29 is 19.1 Å². The fourth-order valence-electron chi connectivity index (χ4n) is 4.05. The van der Waals surface area contributed by atoms with Gasteiger partial charge in [-0.05, 0) is 36.8 Å². The van der Waals surface area contributed by atoms with Crippen LogP contribution in [-0.4, -0.2) is 24.1 Å². The molecule has 2 bridgehead atoms. The maximum absolute atomic E-state index is 12.1. The molecule has 0 amide bonds. The lowest BCUT2D eigenvalue weighted by molar-refractivity contribution is -0.177. The highest BCUT2D eigenvalue weighted by molar-refractivity contribution is 5.99. The lowest BCUT2D eigenvalue weighted by Gasteiger charge is -2.24. The van der Waals surface area contributed by atoms with Crippen molar-refractivity contribution in [3.05, 3.63) is 47.1 Å². The van der Waals surface area contributed by atoms with Crippen molar-refractivity contribution in [3.63, 3.8) is 0 Å². The van der Waals surface area contributed by atoms with Crippen LogP contribution in [0, 0.1) is 11.8 Å². The molecule has 1 aliphatic heterocycles. The second-order valence-corrected chi connectivity index (χ2v) is 6.37. The molecule has 3 aliphatic carbocycles. The first-order valence-electron chi connectivity index (χ1n) is 7.71. The van der Waals surface area contributed by atoms with Gasteiger partial charge in [0.1, 0.15) is 0 Å². The molecule has 114 valence electrons. The Kier molecular flexibility index (Phi) is 2.98. The number of allylic oxidation sites excluding steroid dienone is 5. The van der Waals surface area contributed by atoms with E-state index in [0.29, 0.717) is 18.8 Å². The van der Waals surface area contributed by atoms with E-state index in [4.69, 9.17) is 9.47 Å². The Morgan fingerprint density at radius 3 is 3.00 bits per heavy atom. The van der Waals surface area contributed by atoms with E-state index in [9.17, 15) is 9.59 Å². The van der Waals surface area contributed by atoms with Gasteiger partial charge in [0.05, 0.1) is 17.6 Å². The van der Waals surface area contributed by atoms with Gasteiger partial charge in [-0.2, -0.15) is 0 Å². The molecule has 0 spiro atoms. The third-order valence-electron chi connectivity index (χ3n) is 5.19. The molecule has 4 heteroatoms. The van der Waals surface area contributed by atoms with Gasteiger partial charge in [0.2, 0.25) is 6.29 Å². The predicted octanol–water partition coefficient (Wildman–Crippen LogP) is 2.62. The summed E-state index contributed by atoms with van der Waals surface area (Å²) in [4.78, 5) is 24.1. The standard InChI is InChI=1S/C18H18O4/c1-3-4-12-9(2)14(8-13(12)19)21-18-16-11-6-5-10(7-11)15(16)17(20)22-18/h3,5-6,11,14,16,18H,1,4,7-8H2,2H3/t11?,14-,16?,18?/m0/s1. The van der Waals surface area contributed by atoms with E-state index in [1.165, 1.54) is 0 Å². The largest absolute Gasteiger partial charge is 0.432 e. The average Bonchev–Trinajstić information content (AvgIpc) is 3.21. The Labute approximate surface area is 129 Å². The van der Waals surface area contributed by atoms with Crippen molar-refractivity contribution in [2.45, 2.75) is 38.6 Å². The molecule has 1 heterocycles. The fourth-order valence-corrected chi connectivity index (χ4v) is 4.05. The molecule has 0 N–H and O–H groups in total. The van der Waals surface area contributed by atoms with Gasteiger partial charge < -0.3 is 9.47 Å². The van der Waals surface area contributed by atoms with E-state index in [1.54, 1.807) is 6.08 Å². The zero-order chi connectivity index (χ0) is 15.4. The molecule has 1 fully saturated rings. The van der Waals surface area contributed by atoms with Crippen molar-refractivity contribution in [2.24, 2.45) is 11.8 Å². The highest BCUT2D eigenvalue weighted by Gasteiger charge is 2.52. The molecular weight excluding hydrogens is 280 g/mol. The molecule has 4 rings (SSSR count). The van der Waals surface area contributed by atoms with Gasteiger partial charge in [-0.15, -0.1) is 6.58 Å². The number of Topliss-reactive ketones (excluding diaryl/α,β-unsaturated/α-hetero) is 1. The summed E-state index contributed by atoms with van der Waals surface area (Å²) < 4.78 is 11.5. The first-order valence-corrected chi connectivity index (χ1v) is 7.71. The van der Waals surface area contributed by atoms with E-state index in [-0.39, 0.29) is 23.8 Å². The number of rotatable bonds is 4. The highest BCUT2D eigenvalue weighted by atomic mass is 16.7. The number of hydrogen-bond acceptors (Lipinski definition) is 4. The molecule has 4 nitrogen and oxygen atoms in total. The summed E-state index contributed by atoms with van der Waals surface area (Å²) in [5.41, 5.74) is 3.61. The van der Waals surface area contributed by atoms with Crippen LogP contribution in [0.4, 0.5) is 0 Å². The number of carbonyl (C=O) groups excluding carboxylic acids is 2. The van der Waals surface area contributed by atoms with Crippen LogP contribution in [0.25, 0.3) is 0 Å². The van der Waals surface area contributed by atoms with E-state index < -0.39 is 6.29 Å². The van der Waals surface area contributed by atoms with Gasteiger partial charge in [-0.3, -0.25) is 4.79 Å². The number of fused-ring (bicyclic) bond motifs is 4. The summed E-state index contributed by atoms with van der Waals surface area (Å²) in [5, 5.41) is 0. The summed E-state index contributed by atoms with van der Waals surface area (Å²) >= 11 is 0. The third kappa shape index (κ3) is 1.80. The molecule has 3 unspecified atom stereocenters. The van der Waals surface area contributed by atoms with Crippen LogP contribution in [0.3, 0.4) is 0 Å². The fraction of sp³-hybridized carbons (Fsp3) is 0.444. The summed E-state index contributed by atoms with van der Waals surface area (Å²) in [5.74, 6) is 0.154. The van der Waals surface area contributed by atoms with Gasteiger partial charge in [0, 0.05) is 12.0 Å². The third-order valence-corrected chi connectivity index (χ3v) is 5.19. The zero-order valence-corrected chi connectivity index (χ0v) is 12.5. The molecule has 4 atom stereocenters. The normalized spacial score (nSPS) is 35.7. The minimum Gasteiger partial charge on any atom is -0.432 e. The lowest BCUT2D eigenvalue weighted by Crippen LogP contribution is -2.29. The molecule has 22 heavy (non-hydrogen) atoms. The maximum atomic E-state index is 12.1. The molecule has 0 aromatic heterocycles. The van der Waals surface area contributed by atoms with Crippen LogP contribution in [0.1, 0.15) is 26.2 Å². The number of carbonyl (C=O) groups is 2. The second kappa shape index (κ2) is 4.78. The van der Waals surface area contributed by atoms with Gasteiger partial charge in [0.25, 0.3) is 0 Å². The molecule has 0 radical (unpaired) electrons. The van der Waals surface area contributed by atoms with Gasteiger partial charge in [-0.1, -0.05) is 18.2 Å². The molecular formula is C18H18O4. The molecule has 1 saturated heterocycles. The van der Waals surface area contributed by atoms with Crippen LogP contribution < -0.4 is 0 Å². The topological polar surface area (TPSA) is 52.6 Å². The van der Waals surface area contributed by atoms with Gasteiger partial charge in [0.15, 0.2) is 5.78 Å². The van der Waals surface area contributed by atoms with Crippen LogP contribution in [0.2, 0.25) is 0 Å². The zero-order valence-electron chi connectivity index (χ0n) is 12.5. The molecule has 0 aromatic rings. The predicted molar refractivity (Wildman–Crippen MR) is 79.7 cm³/mol. The van der Waals surface area contributed by atoms with Crippen molar-refractivity contribution in [1.82, 2.24) is 0 Å². The summed E-state index contributed by atoms with van der Waals surface area (Å²) in [6, 6.07) is 0. The van der Waals surface area contributed by atoms with E-state index in [0.717, 1.165) is 28.7 Å². The molecule has 0 saturated carbocycles. The summed E-state index contributed by atoms with van der Waals surface area (Å²) in [7, 11) is 0. The van der Waals surface area contributed by atoms with Gasteiger partial charge >= 0.3 is 5.97 Å². The van der Waals surface area contributed by atoms with Crippen molar-refractivity contribution >= 4 is 11.8 Å². The van der Waals surface area contributed by atoms with E-state index >= 15 is 0 Å². The molecule has 0 aromatic carbocycles. The monoisotopic (exact) mass is 298 g/mol. The second-order valence-electron chi connectivity index (χ2n) is 6.37. The van der Waals surface area contributed by atoms with Gasteiger partial charge in [-0.25, -0.2) is 4.79 Å². The van der Waals surface area contributed by atoms with Crippen LogP contribution in [0.15, 0.2) is 47.1 Å². The average molecular weight is 298 g/mol. The minimum atomic E-state index is -0.564. The number of hydrogen-bond donors (Lipinski definition) is 0. The van der Waals surface area contributed by atoms with E-state index in [2.05, 4.69) is 12.7 Å². The number of esters is 1. The maximum Gasteiger partial charge on any atom is 0.337 e. The summed E-state index contributed by atoms with van der Waals surface area (Å²) in [6.45, 7) is 5.61. The van der Waals surface area contributed by atoms with Crippen molar-refractivity contribution in [1.29, 1.82) is 0 Å². The van der Waals surface area contributed by atoms with Crippen LogP contribution >= 0.6 is 0 Å². The van der Waals surface area contributed by atoms with Crippen LogP contribution in [-0.2, 0) is 19.1 Å². The smallest absolute Gasteiger partial charge is 0.337 e. The van der Waals surface area contributed by atoms with Crippen molar-refractivity contribution in [2.75, 3.05) is 0 Å². The Hall–Kier alpha value is -1.94. The highest BCUT2D eigenvalue weighted by Crippen LogP contribution is 2.50. The summed E-state index contributed by atoms with van der Waals surface area (Å²) in [6.07, 6.45) is 6.85. The van der Waals surface area contributed by atoms with E-state index in [1.807, 2.05) is 13.0 Å². The minimum absolute atomic E-state index is 0.00106. The van der Waals surface area contributed by atoms with Crippen molar-refractivity contribution in [3.8, 4) is 0 Å². The first kappa shape index (κ1) is 13.7. The van der Waals surface area contributed by atoms with Crippen LogP contribution in [0.5, 0.6) is 0 Å². The Morgan fingerprint density at radius 2 is 2.23 bits per heavy atom.